The van der Waals surface area contributed by atoms with E-state index >= 15 is 0 Å². The van der Waals surface area contributed by atoms with Crippen molar-refractivity contribution >= 4 is 23.2 Å². The molecule has 0 aliphatic carbocycles. The van der Waals surface area contributed by atoms with Crippen LogP contribution in [0.25, 0.3) is 0 Å². The van der Waals surface area contributed by atoms with Gasteiger partial charge in [-0.25, -0.2) is 0 Å². The van der Waals surface area contributed by atoms with E-state index in [1.54, 1.807) is 14.2 Å². The zero-order valence-corrected chi connectivity index (χ0v) is 17.9. The van der Waals surface area contributed by atoms with E-state index in [-0.39, 0.29) is 18.4 Å². The molecule has 1 saturated heterocycles. The Morgan fingerprint density at radius 1 is 1.03 bits per heavy atom. The van der Waals surface area contributed by atoms with Gasteiger partial charge in [0.15, 0.2) is 6.10 Å². The highest BCUT2D eigenvalue weighted by atomic mass is 16.5. The van der Waals surface area contributed by atoms with Crippen molar-refractivity contribution in [2.75, 3.05) is 63.2 Å². The number of fused-ring (bicyclic) bond motifs is 1. The molecule has 2 heterocycles. The molecule has 4 rings (SSSR count). The van der Waals surface area contributed by atoms with E-state index in [0.29, 0.717) is 25.4 Å². The molecule has 164 valence electrons. The van der Waals surface area contributed by atoms with Gasteiger partial charge in [-0.1, -0.05) is 24.3 Å². The molecular formula is C23H28N4O4. The fraction of sp³-hybridized carbons (Fsp3) is 0.391. The molecule has 0 aromatic heterocycles. The minimum atomic E-state index is -0.643. The van der Waals surface area contributed by atoms with Crippen molar-refractivity contribution in [3.05, 3.63) is 48.5 Å². The van der Waals surface area contributed by atoms with Crippen molar-refractivity contribution < 1.29 is 19.1 Å². The lowest BCUT2D eigenvalue weighted by atomic mass is 10.1. The molecule has 31 heavy (non-hydrogen) atoms. The number of anilines is 2. The summed E-state index contributed by atoms with van der Waals surface area (Å²) in [7, 11) is 3.26. The first kappa shape index (κ1) is 20.8. The number of nitrogens with zero attached hydrogens (tertiary/aromatic N) is 3. The number of amides is 2. The third kappa shape index (κ3) is 4.38. The van der Waals surface area contributed by atoms with Crippen LogP contribution in [0.3, 0.4) is 0 Å². The zero-order valence-electron chi connectivity index (χ0n) is 17.9. The monoisotopic (exact) mass is 424 g/mol. The molecule has 0 spiro atoms. The van der Waals surface area contributed by atoms with E-state index in [2.05, 4.69) is 10.2 Å². The van der Waals surface area contributed by atoms with Gasteiger partial charge in [-0.2, -0.15) is 0 Å². The Balaban J connectivity index is 1.41. The third-order valence-electron chi connectivity index (χ3n) is 5.78. The molecular weight excluding hydrogens is 396 g/mol. The predicted octanol–water partition coefficient (Wildman–Crippen LogP) is 1.36. The number of ether oxygens (including phenoxy) is 2. The second kappa shape index (κ2) is 9.16. The minimum absolute atomic E-state index is 0.0482. The first-order valence-corrected chi connectivity index (χ1v) is 10.5. The van der Waals surface area contributed by atoms with Gasteiger partial charge in [0, 0.05) is 33.2 Å². The SMILES string of the molecule is CNC(=O)[C@@H]1CN(CC(=O)N2CCN(c3ccccc3OC)CC2)c2ccccc2O1. The van der Waals surface area contributed by atoms with E-state index in [4.69, 9.17) is 9.47 Å². The quantitative estimate of drug-likeness (QED) is 0.781. The maximum atomic E-state index is 13.1. The molecule has 0 radical (unpaired) electrons. The lowest BCUT2D eigenvalue weighted by Crippen LogP contribution is -2.54. The highest BCUT2D eigenvalue weighted by Crippen LogP contribution is 2.33. The topological polar surface area (TPSA) is 74.4 Å². The first-order valence-electron chi connectivity index (χ1n) is 10.5. The Labute approximate surface area is 182 Å². The summed E-state index contributed by atoms with van der Waals surface area (Å²) in [5.74, 6) is 1.31. The van der Waals surface area contributed by atoms with Crippen LogP contribution in [0.1, 0.15) is 0 Å². The van der Waals surface area contributed by atoms with Gasteiger partial charge >= 0.3 is 0 Å². The van der Waals surface area contributed by atoms with Gasteiger partial charge in [0.25, 0.3) is 5.91 Å². The van der Waals surface area contributed by atoms with Gasteiger partial charge < -0.3 is 29.5 Å². The number of para-hydroxylation sites is 4. The second-order valence-electron chi connectivity index (χ2n) is 7.61. The van der Waals surface area contributed by atoms with Crippen molar-refractivity contribution in [2.24, 2.45) is 0 Å². The normalized spacial score (nSPS) is 18.1. The van der Waals surface area contributed by atoms with Crippen LogP contribution >= 0.6 is 0 Å². The molecule has 1 fully saturated rings. The van der Waals surface area contributed by atoms with Crippen LogP contribution in [-0.2, 0) is 9.59 Å². The Hall–Kier alpha value is -3.42. The number of nitrogens with one attached hydrogen (secondary N) is 1. The van der Waals surface area contributed by atoms with Gasteiger partial charge in [-0.05, 0) is 24.3 Å². The van der Waals surface area contributed by atoms with E-state index in [1.807, 2.05) is 58.3 Å². The number of benzene rings is 2. The first-order chi connectivity index (χ1) is 15.1. The number of hydrogen-bond acceptors (Lipinski definition) is 6. The van der Waals surface area contributed by atoms with Crippen molar-refractivity contribution in [1.29, 1.82) is 0 Å². The second-order valence-corrected chi connectivity index (χ2v) is 7.61. The van der Waals surface area contributed by atoms with Gasteiger partial charge in [-0.15, -0.1) is 0 Å². The van der Waals surface area contributed by atoms with E-state index < -0.39 is 6.10 Å². The highest BCUT2D eigenvalue weighted by Gasteiger charge is 2.32. The van der Waals surface area contributed by atoms with Crippen LogP contribution in [0.5, 0.6) is 11.5 Å². The average molecular weight is 425 g/mol. The zero-order chi connectivity index (χ0) is 21.8. The number of likely N-dealkylation sites (N-methyl/N-ethyl adjacent to an activating group) is 1. The molecule has 1 N–H and O–H groups in total. The Morgan fingerprint density at radius 2 is 1.71 bits per heavy atom. The lowest BCUT2D eigenvalue weighted by molar-refractivity contribution is -0.131. The Kier molecular flexibility index (Phi) is 6.16. The summed E-state index contributed by atoms with van der Waals surface area (Å²) in [5, 5.41) is 2.63. The molecule has 2 amide bonds. The number of hydrogen-bond donors (Lipinski definition) is 1. The number of carbonyl (C=O) groups excluding carboxylic acids is 2. The van der Waals surface area contributed by atoms with Crippen molar-refractivity contribution in [2.45, 2.75) is 6.10 Å². The molecule has 1 atom stereocenters. The molecule has 8 heteroatoms. The minimum Gasteiger partial charge on any atom is -0.495 e. The Morgan fingerprint density at radius 3 is 2.42 bits per heavy atom. The van der Waals surface area contributed by atoms with Crippen molar-refractivity contribution in [1.82, 2.24) is 10.2 Å². The standard InChI is InChI=1S/C23H28N4O4/c1-24-23(29)21-15-27(18-8-4-6-10-20(18)31-21)16-22(28)26-13-11-25(12-14-26)17-7-3-5-9-19(17)30-2/h3-10,21H,11-16H2,1-2H3,(H,24,29)/t21-/m0/s1. The van der Waals surface area contributed by atoms with Gasteiger partial charge in [0.1, 0.15) is 11.5 Å². The summed E-state index contributed by atoms with van der Waals surface area (Å²) in [6, 6.07) is 15.5. The molecule has 2 aromatic carbocycles. The smallest absolute Gasteiger partial charge is 0.262 e. The summed E-state index contributed by atoms with van der Waals surface area (Å²) in [4.78, 5) is 31.3. The fourth-order valence-corrected chi connectivity index (χ4v) is 4.11. The van der Waals surface area contributed by atoms with Crippen LogP contribution in [0, 0.1) is 0 Å². The number of piperazine rings is 1. The summed E-state index contributed by atoms with van der Waals surface area (Å²) < 4.78 is 11.3. The molecule has 0 unspecified atom stereocenters. The van der Waals surface area contributed by atoms with Crippen LogP contribution < -0.4 is 24.6 Å². The third-order valence-corrected chi connectivity index (χ3v) is 5.78. The Bertz CT molecular complexity index is 943. The summed E-state index contributed by atoms with van der Waals surface area (Å²) in [6.45, 7) is 3.31. The van der Waals surface area contributed by atoms with Gasteiger partial charge in [-0.3, -0.25) is 9.59 Å². The molecule has 0 saturated carbocycles. The molecule has 2 aliphatic rings. The molecule has 0 bridgehead atoms. The number of methoxy groups -OCH3 is 1. The maximum absolute atomic E-state index is 13.1. The lowest BCUT2D eigenvalue weighted by Gasteiger charge is -2.39. The van der Waals surface area contributed by atoms with Crippen LogP contribution in [0.2, 0.25) is 0 Å². The number of rotatable bonds is 5. The van der Waals surface area contributed by atoms with E-state index in [0.717, 1.165) is 30.2 Å². The summed E-state index contributed by atoms with van der Waals surface area (Å²) in [6.07, 6.45) is -0.643. The van der Waals surface area contributed by atoms with Crippen molar-refractivity contribution in [3.63, 3.8) is 0 Å². The molecule has 2 aromatic rings. The highest BCUT2D eigenvalue weighted by molar-refractivity contribution is 5.86. The van der Waals surface area contributed by atoms with Crippen LogP contribution in [0.4, 0.5) is 11.4 Å². The number of carbonyl (C=O) groups is 2. The average Bonchev–Trinajstić information content (AvgIpc) is 2.83. The fourth-order valence-electron chi connectivity index (χ4n) is 4.11. The van der Waals surface area contributed by atoms with Crippen LogP contribution in [0.15, 0.2) is 48.5 Å². The summed E-state index contributed by atoms with van der Waals surface area (Å²) >= 11 is 0. The van der Waals surface area contributed by atoms with Gasteiger partial charge in [0.05, 0.1) is 31.6 Å². The van der Waals surface area contributed by atoms with Gasteiger partial charge in [0.2, 0.25) is 5.91 Å². The maximum Gasteiger partial charge on any atom is 0.262 e. The van der Waals surface area contributed by atoms with Crippen LogP contribution in [-0.4, -0.2) is 76.2 Å². The molecule has 8 nitrogen and oxygen atoms in total. The summed E-state index contributed by atoms with van der Waals surface area (Å²) in [5.41, 5.74) is 1.89. The van der Waals surface area contributed by atoms with E-state index in [1.165, 1.54) is 0 Å². The largest absolute Gasteiger partial charge is 0.495 e. The molecule has 2 aliphatic heterocycles. The predicted molar refractivity (Wildman–Crippen MR) is 119 cm³/mol. The van der Waals surface area contributed by atoms with E-state index in [9.17, 15) is 9.59 Å². The van der Waals surface area contributed by atoms with Crippen molar-refractivity contribution in [3.8, 4) is 11.5 Å².